The molecule has 1 N–H and O–H groups in total. The fraction of sp³-hybridized carbons (Fsp3) is 0.407. The van der Waals surface area contributed by atoms with Crippen molar-refractivity contribution >= 4 is 34.4 Å². The lowest BCUT2D eigenvalue weighted by molar-refractivity contribution is -0.177. The Balaban J connectivity index is 1.43. The second-order valence-corrected chi connectivity index (χ2v) is 10.1. The number of halogens is 1. The predicted octanol–water partition coefficient (Wildman–Crippen LogP) is 5.65. The molecule has 1 spiro atoms. The number of benzene rings is 2. The van der Waals surface area contributed by atoms with Crippen LogP contribution in [0, 0.1) is 12.8 Å². The predicted molar refractivity (Wildman–Crippen MR) is 129 cm³/mol. The number of esters is 2. The molecule has 0 saturated carbocycles. The zero-order valence-corrected chi connectivity index (χ0v) is 19.9. The first kappa shape index (κ1) is 21.7. The number of ether oxygens (including phenoxy) is 2. The molecule has 0 amide bonds. The molecule has 1 aromatic heterocycles. The normalized spacial score (nSPS) is 24.0. The van der Waals surface area contributed by atoms with E-state index in [9.17, 15) is 9.59 Å². The molecule has 0 aliphatic carbocycles. The van der Waals surface area contributed by atoms with E-state index in [1.807, 2.05) is 19.1 Å². The molecular formula is C27H27ClN2O4. The molecule has 3 aliphatic rings. The van der Waals surface area contributed by atoms with Gasteiger partial charge in [0.25, 0.3) is 0 Å². The van der Waals surface area contributed by atoms with Gasteiger partial charge < -0.3 is 14.5 Å². The summed E-state index contributed by atoms with van der Waals surface area (Å²) in [5, 5.41) is 1.30. The Hall–Kier alpha value is -2.83. The van der Waals surface area contributed by atoms with E-state index in [-0.39, 0.29) is 5.72 Å². The summed E-state index contributed by atoms with van der Waals surface area (Å²) in [6, 6.07) is 10.4. The summed E-state index contributed by atoms with van der Waals surface area (Å²) < 4.78 is 12.1. The molecule has 2 aromatic carbocycles. The van der Waals surface area contributed by atoms with E-state index in [1.54, 1.807) is 24.3 Å². The third-order valence-corrected chi connectivity index (χ3v) is 8.06. The minimum Gasteiger partial charge on any atom is -0.470 e. The minimum absolute atomic E-state index is 0.309. The third kappa shape index (κ3) is 3.27. The maximum absolute atomic E-state index is 13.3. The first-order chi connectivity index (χ1) is 16.5. The summed E-state index contributed by atoms with van der Waals surface area (Å²) >= 11 is 6.75. The summed E-state index contributed by atoms with van der Waals surface area (Å²) in [5.41, 5.74) is 2.75. The third-order valence-electron chi connectivity index (χ3n) is 7.78. The Morgan fingerprint density at radius 1 is 1.15 bits per heavy atom. The van der Waals surface area contributed by atoms with Crippen molar-refractivity contribution in [1.82, 2.24) is 9.88 Å². The number of nitrogens with zero attached hydrogens (tertiary/aromatic N) is 1. The molecule has 34 heavy (non-hydrogen) atoms. The molecule has 0 bridgehead atoms. The van der Waals surface area contributed by atoms with Crippen LogP contribution in [0.5, 0.6) is 5.75 Å². The van der Waals surface area contributed by atoms with E-state index in [0.717, 1.165) is 61.7 Å². The molecule has 6 rings (SSSR count). The average Bonchev–Trinajstić information content (AvgIpc) is 3.18. The van der Waals surface area contributed by atoms with Crippen LogP contribution in [0.3, 0.4) is 0 Å². The number of rotatable bonds is 2. The Bertz CT molecular complexity index is 1300. The van der Waals surface area contributed by atoms with Crippen molar-refractivity contribution in [1.29, 1.82) is 0 Å². The molecule has 6 nitrogen and oxygen atoms in total. The summed E-state index contributed by atoms with van der Waals surface area (Å²) in [7, 11) is 0. The Morgan fingerprint density at radius 2 is 1.94 bits per heavy atom. The largest absolute Gasteiger partial charge is 0.470 e. The smallest absolute Gasteiger partial charge is 0.348 e. The van der Waals surface area contributed by atoms with Crippen molar-refractivity contribution in [2.24, 2.45) is 5.92 Å². The van der Waals surface area contributed by atoms with Gasteiger partial charge >= 0.3 is 11.9 Å². The van der Waals surface area contributed by atoms with Gasteiger partial charge in [0, 0.05) is 47.6 Å². The second-order valence-electron chi connectivity index (χ2n) is 9.69. The maximum Gasteiger partial charge on any atom is 0.348 e. The molecule has 3 aromatic rings. The first-order valence-corrected chi connectivity index (χ1v) is 12.4. The Kier molecular flexibility index (Phi) is 5.19. The van der Waals surface area contributed by atoms with Gasteiger partial charge in [0.05, 0.1) is 16.1 Å². The molecule has 2 fully saturated rings. The standard InChI is InChI=1S/C27H27ClN2O4/c1-16-22(26(32)33-25(31)17-8-3-2-4-9-17)23-19-14-18-10-7-13-30-12-6-5-11-27(18,30)34-24(19)20(28)15-21(23)29-16/h2-4,8-9,15,18,29H,5-7,10-14H2,1H3. The molecule has 176 valence electrons. The highest BCUT2D eigenvalue weighted by molar-refractivity contribution is 6.33. The molecule has 2 atom stereocenters. The van der Waals surface area contributed by atoms with Crippen LogP contribution in [0.4, 0.5) is 0 Å². The highest BCUT2D eigenvalue weighted by Gasteiger charge is 2.52. The van der Waals surface area contributed by atoms with Gasteiger partial charge in [0.15, 0.2) is 5.72 Å². The van der Waals surface area contributed by atoms with Crippen LogP contribution in [0.15, 0.2) is 36.4 Å². The number of hydrogen-bond donors (Lipinski definition) is 1. The zero-order valence-electron chi connectivity index (χ0n) is 19.2. The van der Waals surface area contributed by atoms with Gasteiger partial charge in [-0.2, -0.15) is 0 Å². The topological polar surface area (TPSA) is 71.6 Å². The lowest BCUT2D eigenvalue weighted by Crippen LogP contribution is -2.64. The molecule has 4 heterocycles. The molecule has 7 heteroatoms. The van der Waals surface area contributed by atoms with E-state index in [2.05, 4.69) is 9.88 Å². The van der Waals surface area contributed by atoms with E-state index in [4.69, 9.17) is 21.1 Å². The lowest BCUT2D eigenvalue weighted by Gasteiger charge is -2.56. The first-order valence-electron chi connectivity index (χ1n) is 12.1. The van der Waals surface area contributed by atoms with Crippen molar-refractivity contribution in [2.75, 3.05) is 13.1 Å². The number of hydrogen-bond acceptors (Lipinski definition) is 5. The van der Waals surface area contributed by atoms with Crippen LogP contribution in [0.1, 0.15) is 64.1 Å². The zero-order chi connectivity index (χ0) is 23.4. The van der Waals surface area contributed by atoms with Gasteiger partial charge in [-0.05, 0) is 57.2 Å². The van der Waals surface area contributed by atoms with Gasteiger partial charge in [-0.15, -0.1) is 0 Å². The van der Waals surface area contributed by atoms with E-state index >= 15 is 0 Å². The van der Waals surface area contributed by atoms with Crippen molar-refractivity contribution in [3.63, 3.8) is 0 Å². The van der Waals surface area contributed by atoms with E-state index < -0.39 is 11.9 Å². The Labute approximate surface area is 203 Å². The number of aromatic nitrogens is 1. The fourth-order valence-corrected chi connectivity index (χ4v) is 6.54. The van der Waals surface area contributed by atoms with Crippen molar-refractivity contribution in [2.45, 2.75) is 51.2 Å². The van der Waals surface area contributed by atoms with Crippen molar-refractivity contribution < 1.29 is 19.1 Å². The van der Waals surface area contributed by atoms with Crippen molar-refractivity contribution in [3.8, 4) is 5.75 Å². The Morgan fingerprint density at radius 3 is 2.76 bits per heavy atom. The number of carbonyl (C=O) groups excluding carboxylic acids is 2. The number of H-pyrrole nitrogens is 1. The molecule has 2 unspecified atom stereocenters. The van der Waals surface area contributed by atoms with Crippen LogP contribution in [0.25, 0.3) is 10.9 Å². The average molecular weight is 479 g/mol. The van der Waals surface area contributed by atoms with Crippen LogP contribution in [-0.2, 0) is 11.2 Å². The highest BCUT2D eigenvalue weighted by atomic mass is 35.5. The molecule has 3 aliphatic heterocycles. The van der Waals surface area contributed by atoms with Gasteiger partial charge in [-0.1, -0.05) is 29.8 Å². The second kappa shape index (κ2) is 8.14. The number of carbonyl (C=O) groups is 2. The van der Waals surface area contributed by atoms with Crippen molar-refractivity contribution in [3.05, 3.63) is 63.8 Å². The van der Waals surface area contributed by atoms with Gasteiger partial charge in [0.2, 0.25) is 0 Å². The molecule has 0 radical (unpaired) electrons. The van der Waals surface area contributed by atoms with Crippen LogP contribution >= 0.6 is 11.6 Å². The molecular weight excluding hydrogens is 452 g/mol. The van der Waals surface area contributed by atoms with Gasteiger partial charge in [0.1, 0.15) is 5.75 Å². The molecule has 2 saturated heterocycles. The van der Waals surface area contributed by atoms with Crippen LogP contribution < -0.4 is 4.74 Å². The number of nitrogens with one attached hydrogen (secondary N) is 1. The summed E-state index contributed by atoms with van der Waals surface area (Å²) in [4.78, 5) is 31.6. The van der Waals surface area contributed by atoms with E-state index in [1.165, 1.54) is 6.42 Å². The number of aromatic amines is 1. The summed E-state index contributed by atoms with van der Waals surface area (Å²) in [6.45, 7) is 3.92. The monoisotopic (exact) mass is 478 g/mol. The summed E-state index contributed by atoms with van der Waals surface area (Å²) in [6.07, 6.45) is 6.34. The maximum atomic E-state index is 13.3. The fourth-order valence-electron chi connectivity index (χ4n) is 6.28. The number of aryl methyl sites for hydroxylation is 1. The quantitative estimate of drug-likeness (QED) is 0.380. The SMILES string of the molecule is Cc1[nH]c2cc(Cl)c3c(c2c1C(=O)OC(=O)c1ccccc1)CC1CCCN2CCCCC12O3. The van der Waals surface area contributed by atoms with Gasteiger partial charge in [-0.3, -0.25) is 4.90 Å². The van der Waals surface area contributed by atoms with Gasteiger partial charge in [-0.25, -0.2) is 9.59 Å². The number of fused-ring (bicyclic) bond motifs is 3. The van der Waals surface area contributed by atoms with Crippen LogP contribution in [0.2, 0.25) is 5.02 Å². The lowest BCUT2D eigenvalue weighted by atomic mass is 9.74. The van der Waals surface area contributed by atoms with Crippen LogP contribution in [-0.4, -0.2) is 40.6 Å². The van der Waals surface area contributed by atoms with E-state index in [0.29, 0.717) is 33.5 Å². The highest BCUT2D eigenvalue weighted by Crippen LogP contribution is 2.52. The minimum atomic E-state index is -0.664. The number of piperidine rings is 2. The summed E-state index contributed by atoms with van der Waals surface area (Å²) in [5.74, 6) is -0.324.